The lowest BCUT2D eigenvalue weighted by atomic mass is 11.7. The molecule has 0 nitrogen and oxygen atoms in total. The van der Waals surface area contributed by atoms with Gasteiger partial charge in [0.1, 0.15) is 0 Å². The maximum Gasteiger partial charge on any atom is 0.225 e. The summed E-state index contributed by atoms with van der Waals surface area (Å²) in [4.78, 5) is 0. The second kappa shape index (κ2) is 4.63. The van der Waals surface area contributed by atoms with Crippen LogP contribution < -0.4 is 0 Å². The predicted octanol–water partition coefficient (Wildman–Crippen LogP) is -0.427. The van der Waals surface area contributed by atoms with E-state index in [2.05, 4.69) is 19.6 Å². The van der Waals surface area contributed by atoms with Crippen LogP contribution in [0.5, 0.6) is 0 Å². The van der Waals surface area contributed by atoms with Gasteiger partial charge < -0.3 is 4.11 Å². The Morgan fingerprint density at radius 3 is 1.40 bits per heavy atom. The molecule has 0 fully saturated rings. The lowest BCUT2D eigenvalue weighted by Crippen LogP contribution is -2.40. The summed E-state index contributed by atoms with van der Waals surface area (Å²) in [5.41, 5.74) is 0. The van der Waals surface area contributed by atoms with Crippen molar-refractivity contribution in [1.82, 2.24) is 0 Å². The van der Waals surface area contributed by atoms with Crippen LogP contribution >= 0.6 is 0 Å². The smallest absolute Gasteiger partial charge is 0.225 e. The highest BCUT2D eigenvalue weighted by Gasteiger charge is 2.33. The molecular formula is C5H19FSi4. The molecule has 5 heteroatoms. The minimum Gasteiger partial charge on any atom is -0.319 e. The molecule has 0 heterocycles. The van der Waals surface area contributed by atoms with Crippen molar-refractivity contribution in [3.63, 3.8) is 0 Å². The van der Waals surface area contributed by atoms with E-state index < -0.39 is 9.13 Å². The van der Waals surface area contributed by atoms with Gasteiger partial charge in [0, 0.05) is 28.6 Å². The van der Waals surface area contributed by atoms with Crippen LogP contribution in [0.15, 0.2) is 0 Å². The molecule has 0 radical (unpaired) electrons. The van der Waals surface area contributed by atoms with Gasteiger partial charge in [-0.2, -0.15) is 0 Å². The SMILES string of the molecule is C[SiH2]C([SiH2]C)([SiH2]C)[SiH](C)F. The Labute approximate surface area is 72.2 Å². The number of hydrogen-bond donors (Lipinski definition) is 0. The molecule has 0 bridgehead atoms. The molecule has 0 rings (SSSR count). The standard InChI is InChI=1S/C5H19FSi4/c1-7-5(8-2,9-3)10(4)6/h10H,7-9H2,1-4H3. The van der Waals surface area contributed by atoms with Gasteiger partial charge >= 0.3 is 0 Å². The number of halogens is 1. The van der Waals surface area contributed by atoms with E-state index in [1.807, 2.05) is 6.55 Å². The Hall–Kier alpha value is 0.798. The van der Waals surface area contributed by atoms with Crippen LogP contribution in [0.3, 0.4) is 0 Å². The molecule has 0 saturated carbocycles. The van der Waals surface area contributed by atoms with Crippen LogP contribution in [0, 0.1) is 0 Å². The van der Waals surface area contributed by atoms with E-state index in [4.69, 9.17) is 0 Å². The van der Waals surface area contributed by atoms with Gasteiger partial charge in [-0.15, -0.1) is 0 Å². The molecule has 0 N–H and O–H groups in total. The number of hydrogen-bond acceptors (Lipinski definition) is 0. The van der Waals surface area contributed by atoms with E-state index in [9.17, 15) is 4.11 Å². The minimum absolute atomic E-state index is 0.0162. The molecule has 0 aromatic heterocycles. The van der Waals surface area contributed by atoms with Gasteiger partial charge in [0.05, 0.1) is 0 Å². The Balaban J connectivity index is 4.15. The summed E-state index contributed by atoms with van der Waals surface area (Å²) in [5.74, 6) is 0. The van der Waals surface area contributed by atoms with Crippen LogP contribution in [0.1, 0.15) is 0 Å². The lowest BCUT2D eigenvalue weighted by molar-refractivity contribution is 0.827. The molecule has 10 heavy (non-hydrogen) atoms. The summed E-state index contributed by atoms with van der Waals surface area (Å²) in [6, 6.07) is 0. The van der Waals surface area contributed by atoms with Crippen molar-refractivity contribution in [2.24, 2.45) is 0 Å². The van der Waals surface area contributed by atoms with E-state index in [0.717, 1.165) is 0 Å². The molecule has 0 spiro atoms. The largest absolute Gasteiger partial charge is 0.319 e. The zero-order valence-electron chi connectivity index (χ0n) is 7.58. The molecule has 1 unspecified atom stereocenters. The zero-order chi connectivity index (χ0) is 8.20. The van der Waals surface area contributed by atoms with E-state index >= 15 is 0 Å². The predicted molar refractivity (Wildman–Crippen MR) is 60.0 cm³/mol. The lowest BCUT2D eigenvalue weighted by Gasteiger charge is -2.29. The Morgan fingerprint density at radius 2 is 1.40 bits per heavy atom. The number of rotatable bonds is 4. The van der Waals surface area contributed by atoms with Gasteiger partial charge in [-0.05, 0) is 10.5 Å². The molecule has 0 aromatic carbocycles. The fraction of sp³-hybridized carbons (Fsp3) is 1.00. The van der Waals surface area contributed by atoms with Crippen LogP contribution in [0.2, 0.25) is 30.1 Å². The average Bonchev–Trinajstić information content (AvgIpc) is 1.92. The summed E-state index contributed by atoms with van der Waals surface area (Å²) >= 11 is 0. The van der Waals surface area contributed by atoms with E-state index in [1.54, 1.807) is 0 Å². The first-order valence-electron chi connectivity index (χ1n) is 4.27. The average molecular weight is 211 g/mol. The van der Waals surface area contributed by atoms with Crippen molar-refractivity contribution in [2.75, 3.05) is 0 Å². The molecule has 0 aliphatic carbocycles. The maximum atomic E-state index is 13.3. The highest BCUT2D eigenvalue weighted by Crippen LogP contribution is 2.25. The van der Waals surface area contributed by atoms with Gasteiger partial charge in [0.15, 0.2) is 0 Å². The van der Waals surface area contributed by atoms with Crippen molar-refractivity contribution < 1.29 is 4.11 Å². The van der Waals surface area contributed by atoms with E-state index in [0.29, 0.717) is 3.91 Å². The summed E-state index contributed by atoms with van der Waals surface area (Å²) in [6.45, 7) is 8.87. The van der Waals surface area contributed by atoms with E-state index in [1.165, 1.54) is 0 Å². The third-order valence-electron chi connectivity index (χ3n) is 2.96. The maximum absolute atomic E-state index is 13.3. The monoisotopic (exact) mass is 210 g/mol. The summed E-state index contributed by atoms with van der Waals surface area (Å²) in [5, 5.41) is 0. The van der Waals surface area contributed by atoms with E-state index in [-0.39, 0.29) is 28.6 Å². The summed E-state index contributed by atoms with van der Waals surface area (Å²) < 4.78 is 13.8. The molecule has 0 saturated heterocycles. The second-order valence-electron chi connectivity index (χ2n) is 3.04. The molecule has 1 atom stereocenters. The molecule has 0 aromatic rings. The third-order valence-corrected chi connectivity index (χ3v) is 26.6. The van der Waals surface area contributed by atoms with Gasteiger partial charge in [0.2, 0.25) is 9.13 Å². The van der Waals surface area contributed by atoms with Gasteiger partial charge in [-0.25, -0.2) is 0 Å². The van der Waals surface area contributed by atoms with Gasteiger partial charge in [-0.1, -0.05) is 19.6 Å². The van der Waals surface area contributed by atoms with Crippen LogP contribution in [0.25, 0.3) is 0 Å². The first-order chi connectivity index (χ1) is 4.63. The molecule has 62 valence electrons. The quantitative estimate of drug-likeness (QED) is 0.437. The Morgan fingerprint density at radius 1 is 1.10 bits per heavy atom. The molecule has 0 aliphatic rings. The summed E-state index contributed by atoms with van der Waals surface area (Å²) in [7, 11) is -1.78. The van der Waals surface area contributed by atoms with Crippen LogP contribution in [-0.4, -0.2) is 37.7 Å². The first kappa shape index (κ1) is 10.8. The molecule has 0 aliphatic heterocycles. The first-order valence-corrected chi connectivity index (χ1v) is 12.8. The third kappa shape index (κ3) is 2.14. The second-order valence-corrected chi connectivity index (χ2v) is 17.3. The van der Waals surface area contributed by atoms with Crippen molar-refractivity contribution in [3.05, 3.63) is 0 Å². The topological polar surface area (TPSA) is 0 Å². The molecular weight excluding hydrogens is 191 g/mol. The fourth-order valence-electron chi connectivity index (χ4n) is 1.59. The normalized spacial score (nSPS) is 23.7. The summed E-state index contributed by atoms with van der Waals surface area (Å²) in [6.07, 6.45) is 0. The van der Waals surface area contributed by atoms with Gasteiger partial charge in [0.25, 0.3) is 0 Å². The van der Waals surface area contributed by atoms with Crippen molar-refractivity contribution >= 4 is 37.7 Å². The van der Waals surface area contributed by atoms with Gasteiger partial charge in [-0.3, -0.25) is 0 Å². The zero-order valence-corrected chi connectivity index (χ0v) is 13.0. The van der Waals surface area contributed by atoms with Crippen molar-refractivity contribution in [2.45, 2.75) is 30.1 Å². The highest BCUT2D eigenvalue weighted by atomic mass is 28.4. The highest BCUT2D eigenvalue weighted by molar-refractivity contribution is 6.98. The van der Waals surface area contributed by atoms with Crippen LogP contribution in [0.4, 0.5) is 4.11 Å². The molecule has 0 amide bonds. The van der Waals surface area contributed by atoms with Crippen LogP contribution in [-0.2, 0) is 0 Å². The Bertz CT molecular complexity index is 83.4. The fourth-order valence-corrected chi connectivity index (χ4v) is 14.3. The Kier molecular flexibility index (Phi) is 5.00. The van der Waals surface area contributed by atoms with Crippen molar-refractivity contribution in [3.8, 4) is 0 Å². The van der Waals surface area contributed by atoms with Crippen molar-refractivity contribution in [1.29, 1.82) is 0 Å². The minimum atomic E-state index is -1.74.